The number of rotatable bonds is 5. The third-order valence-electron chi connectivity index (χ3n) is 3.36. The second kappa shape index (κ2) is 7.59. The van der Waals surface area contributed by atoms with E-state index in [1.807, 2.05) is 24.4 Å². The first kappa shape index (κ1) is 16.7. The normalized spacial score (nSPS) is 10.6. The fourth-order valence-corrected chi connectivity index (χ4v) is 3.78. The summed E-state index contributed by atoms with van der Waals surface area (Å²) in [6.07, 6.45) is 0. The molecule has 0 fully saturated rings. The quantitative estimate of drug-likeness (QED) is 0.643. The highest BCUT2D eigenvalue weighted by Gasteiger charge is 2.14. The van der Waals surface area contributed by atoms with Crippen LogP contribution < -0.4 is 5.32 Å². The number of thioether (sulfide) groups is 1. The van der Waals surface area contributed by atoms with Crippen molar-refractivity contribution in [2.75, 3.05) is 5.32 Å². The lowest BCUT2D eigenvalue weighted by Crippen LogP contribution is -2.14. The molecule has 0 radical (unpaired) electrons. The first-order valence-corrected chi connectivity index (χ1v) is 9.23. The number of carbonyl (C=O) groups excluding carboxylic acids is 1. The Morgan fingerprint density at radius 3 is 2.92 bits per heavy atom. The summed E-state index contributed by atoms with van der Waals surface area (Å²) in [6.45, 7) is 1.85. The Kier molecular flexibility index (Phi) is 5.27. The fourth-order valence-electron chi connectivity index (χ4n) is 2.17. The number of nitrogens with one attached hydrogen (secondary N) is 1. The van der Waals surface area contributed by atoms with Gasteiger partial charge in [0.15, 0.2) is 0 Å². The van der Waals surface area contributed by atoms with Crippen LogP contribution in [0.15, 0.2) is 58.3 Å². The van der Waals surface area contributed by atoms with Crippen molar-refractivity contribution in [3.8, 4) is 0 Å². The highest BCUT2D eigenvalue weighted by atomic mass is 32.2. The molecular formula is C18H15FN2OS2. The van der Waals surface area contributed by atoms with E-state index in [0.29, 0.717) is 11.3 Å². The summed E-state index contributed by atoms with van der Waals surface area (Å²) in [5.41, 5.74) is 4.37. The van der Waals surface area contributed by atoms with Gasteiger partial charge in [-0.05, 0) is 36.8 Å². The Morgan fingerprint density at radius 1 is 1.29 bits per heavy atom. The van der Waals surface area contributed by atoms with Crippen LogP contribution in [0.1, 0.15) is 21.6 Å². The van der Waals surface area contributed by atoms with Gasteiger partial charge < -0.3 is 5.32 Å². The van der Waals surface area contributed by atoms with Crippen LogP contribution in [0.25, 0.3) is 0 Å². The summed E-state index contributed by atoms with van der Waals surface area (Å²) in [6, 6.07) is 12.0. The molecule has 0 aliphatic rings. The van der Waals surface area contributed by atoms with Crippen LogP contribution in [0.4, 0.5) is 10.1 Å². The van der Waals surface area contributed by atoms with E-state index >= 15 is 0 Å². The van der Waals surface area contributed by atoms with E-state index in [2.05, 4.69) is 10.3 Å². The van der Waals surface area contributed by atoms with E-state index in [1.54, 1.807) is 52.9 Å². The van der Waals surface area contributed by atoms with Gasteiger partial charge in [-0.1, -0.05) is 18.2 Å². The molecule has 0 atom stereocenters. The first-order chi connectivity index (χ1) is 11.6. The van der Waals surface area contributed by atoms with Crippen molar-refractivity contribution in [3.05, 3.63) is 76.0 Å². The molecule has 122 valence electrons. The van der Waals surface area contributed by atoms with Gasteiger partial charge in [0.05, 0.1) is 22.5 Å². The van der Waals surface area contributed by atoms with Crippen LogP contribution in [0.3, 0.4) is 0 Å². The van der Waals surface area contributed by atoms with Gasteiger partial charge in [0, 0.05) is 16.0 Å². The molecule has 24 heavy (non-hydrogen) atoms. The Bertz CT molecular complexity index is 850. The monoisotopic (exact) mass is 358 g/mol. The van der Waals surface area contributed by atoms with Gasteiger partial charge in [-0.2, -0.15) is 0 Å². The molecule has 3 rings (SSSR count). The number of aromatic nitrogens is 1. The average molecular weight is 358 g/mol. The number of anilines is 1. The number of amides is 1. The van der Waals surface area contributed by atoms with Gasteiger partial charge in [-0.3, -0.25) is 4.79 Å². The van der Waals surface area contributed by atoms with Crippen LogP contribution in [-0.4, -0.2) is 10.9 Å². The number of thiazole rings is 1. The summed E-state index contributed by atoms with van der Waals surface area (Å²) in [5, 5.41) is 4.64. The molecule has 0 saturated heterocycles. The van der Waals surface area contributed by atoms with Gasteiger partial charge in [-0.25, -0.2) is 9.37 Å². The summed E-state index contributed by atoms with van der Waals surface area (Å²) >= 11 is 3.09. The van der Waals surface area contributed by atoms with E-state index in [0.717, 1.165) is 16.2 Å². The van der Waals surface area contributed by atoms with Gasteiger partial charge in [0.1, 0.15) is 5.82 Å². The minimum atomic E-state index is -0.443. The maximum absolute atomic E-state index is 13.9. The predicted molar refractivity (Wildman–Crippen MR) is 97.2 cm³/mol. The van der Waals surface area contributed by atoms with Crippen LogP contribution in [-0.2, 0) is 5.75 Å². The number of nitrogens with zero attached hydrogens (tertiary/aromatic N) is 1. The molecule has 1 aromatic heterocycles. The van der Waals surface area contributed by atoms with E-state index in [4.69, 9.17) is 0 Å². The summed E-state index contributed by atoms with van der Waals surface area (Å²) in [4.78, 5) is 17.6. The molecule has 0 bridgehead atoms. The number of aryl methyl sites for hydroxylation is 1. The standard InChI is InChI=1S/C18H15FN2OS2/c1-12-6-7-15(19)16(8-12)21-18(22)14-4-2-3-5-17(14)24-10-13-9-23-11-20-13/h2-9,11H,10H2,1H3,(H,21,22). The smallest absolute Gasteiger partial charge is 0.256 e. The third kappa shape index (κ3) is 4.01. The van der Waals surface area contributed by atoms with Crippen molar-refractivity contribution in [3.63, 3.8) is 0 Å². The van der Waals surface area contributed by atoms with E-state index in [9.17, 15) is 9.18 Å². The van der Waals surface area contributed by atoms with Crippen molar-refractivity contribution >= 4 is 34.7 Å². The largest absolute Gasteiger partial charge is 0.319 e. The maximum Gasteiger partial charge on any atom is 0.256 e. The number of hydrogen-bond acceptors (Lipinski definition) is 4. The predicted octanol–water partition coefficient (Wildman–Crippen LogP) is 5.14. The zero-order valence-corrected chi connectivity index (χ0v) is 14.6. The lowest BCUT2D eigenvalue weighted by atomic mass is 10.2. The fraction of sp³-hybridized carbons (Fsp3) is 0.111. The highest BCUT2D eigenvalue weighted by molar-refractivity contribution is 7.98. The molecule has 2 aromatic carbocycles. The minimum Gasteiger partial charge on any atom is -0.319 e. The van der Waals surface area contributed by atoms with Gasteiger partial charge in [-0.15, -0.1) is 23.1 Å². The van der Waals surface area contributed by atoms with Gasteiger partial charge in [0.2, 0.25) is 0 Å². The maximum atomic E-state index is 13.9. The topological polar surface area (TPSA) is 42.0 Å². The summed E-state index contributed by atoms with van der Waals surface area (Å²) < 4.78 is 13.9. The minimum absolute atomic E-state index is 0.194. The van der Waals surface area contributed by atoms with Crippen molar-refractivity contribution in [1.29, 1.82) is 0 Å². The highest BCUT2D eigenvalue weighted by Crippen LogP contribution is 2.27. The Hall–Kier alpha value is -2.18. The molecule has 1 heterocycles. The zero-order valence-electron chi connectivity index (χ0n) is 13.0. The van der Waals surface area contributed by atoms with Crippen LogP contribution >= 0.6 is 23.1 Å². The second-order valence-electron chi connectivity index (χ2n) is 5.20. The van der Waals surface area contributed by atoms with E-state index < -0.39 is 5.82 Å². The molecule has 3 aromatic rings. The molecule has 0 saturated carbocycles. The molecule has 0 unspecified atom stereocenters. The summed E-state index contributed by atoms with van der Waals surface area (Å²) in [7, 11) is 0. The summed E-state index contributed by atoms with van der Waals surface area (Å²) in [5.74, 6) is -0.0745. The Balaban J connectivity index is 1.78. The molecular weight excluding hydrogens is 343 g/mol. The SMILES string of the molecule is Cc1ccc(F)c(NC(=O)c2ccccc2SCc2cscn2)c1. The average Bonchev–Trinajstić information content (AvgIpc) is 3.10. The zero-order chi connectivity index (χ0) is 16.9. The first-order valence-electron chi connectivity index (χ1n) is 7.30. The number of carbonyl (C=O) groups is 1. The van der Waals surface area contributed by atoms with Crippen molar-refractivity contribution in [2.24, 2.45) is 0 Å². The van der Waals surface area contributed by atoms with E-state index in [1.165, 1.54) is 6.07 Å². The van der Waals surface area contributed by atoms with Crippen LogP contribution in [0, 0.1) is 12.7 Å². The molecule has 1 N–H and O–H groups in total. The van der Waals surface area contributed by atoms with Crippen LogP contribution in [0.2, 0.25) is 0 Å². The molecule has 1 amide bonds. The van der Waals surface area contributed by atoms with Crippen molar-refractivity contribution < 1.29 is 9.18 Å². The van der Waals surface area contributed by atoms with Crippen LogP contribution in [0.5, 0.6) is 0 Å². The number of halogens is 1. The Morgan fingerprint density at radius 2 is 2.12 bits per heavy atom. The molecule has 0 aliphatic heterocycles. The van der Waals surface area contributed by atoms with Crippen molar-refractivity contribution in [1.82, 2.24) is 4.98 Å². The lowest BCUT2D eigenvalue weighted by Gasteiger charge is -2.10. The number of hydrogen-bond donors (Lipinski definition) is 1. The molecule has 0 spiro atoms. The second-order valence-corrected chi connectivity index (χ2v) is 6.94. The molecule has 6 heteroatoms. The van der Waals surface area contributed by atoms with E-state index in [-0.39, 0.29) is 11.6 Å². The molecule has 3 nitrogen and oxygen atoms in total. The lowest BCUT2D eigenvalue weighted by molar-refractivity contribution is 0.102. The Labute approximate surface area is 148 Å². The van der Waals surface area contributed by atoms with Crippen molar-refractivity contribution in [2.45, 2.75) is 17.6 Å². The number of benzene rings is 2. The van der Waals surface area contributed by atoms with Gasteiger partial charge >= 0.3 is 0 Å². The van der Waals surface area contributed by atoms with Gasteiger partial charge in [0.25, 0.3) is 5.91 Å². The molecule has 0 aliphatic carbocycles. The third-order valence-corrected chi connectivity index (χ3v) is 5.10.